The quantitative estimate of drug-likeness (QED) is 0.869. The molecule has 2 aromatic carbocycles. The molecule has 1 amide bonds. The van der Waals surface area contributed by atoms with Crippen LogP contribution in [0.25, 0.3) is 0 Å². The third-order valence-corrected chi connectivity index (χ3v) is 4.62. The number of nitrogens with one attached hydrogen (secondary N) is 1. The van der Waals surface area contributed by atoms with E-state index in [1.165, 1.54) is 18.2 Å². The Balaban J connectivity index is 2.05. The van der Waals surface area contributed by atoms with Crippen LogP contribution >= 0.6 is 0 Å². The predicted molar refractivity (Wildman–Crippen MR) is 92.1 cm³/mol. The second kappa shape index (κ2) is 7.44. The monoisotopic (exact) mass is 350 g/mol. The Morgan fingerprint density at radius 3 is 2.33 bits per heavy atom. The number of rotatable bonds is 6. The maximum atomic E-state index is 13.9. The Bertz CT molecular complexity index is 820. The summed E-state index contributed by atoms with van der Waals surface area (Å²) in [4.78, 5) is 12.0. The van der Waals surface area contributed by atoms with Gasteiger partial charge in [0.05, 0.1) is 18.5 Å². The lowest BCUT2D eigenvalue weighted by Crippen LogP contribution is -2.38. The van der Waals surface area contributed by atoms with Crippen LogP contribution in [0.4, 0.5) is 10.1 Å². The molecule has 1 N–H and O–H groups in total. The zero-order valence-corrected chi connectivity index (χ0v) is 14.3. The molecule has 2 aromatic rings. The first-order chi connectivity index (χ1) is 11.3. The fourth-order valence-electron chi connectivity index (χ4n) is 2.20. The van der Waals surface area contributed by atoms with E-state index in [2.05, 4.69) is 5.32 Å². The van der Waals surface area contributed by atoms with E-state index in [-0.39, 0.29) is 24.7 Å². The van der Waals surface area contributed by atoms with Gasteiger partial charge in [-0.25, -0.2) is 12.8 Å². The molecule has 7 heteroatoms. The Labute approximate surface area is 141 Å². The normalized spacial score (nSPS) is 11.1. The minimum Gasteiger partial charge on any atom is -0.350 e. The van der Waals surface area contributed by atoms with Gasteiger partial charge in [-0.15, -0.1) is 0 Å². The standard InChI is InChI=1S/C17H19FN2O3S/c1-13-7-9-14(10-8-13)17(21)19-11-12-20(24(2,22)23)16-6-4-3-5-15(16)18/h3-10H,11-12H2,1-2H3,(H,19,21). The van der Waals surface area contributed by atoms with E-state index in [1.807, 2.05) is 19.1 Å². The molecule has 0 aliphatic rings. The van der Waals surface area contributed by atoms with E-state index in [0.717, 1.165) is 16.1 Å². The Morgan fingerprint density at radius 2 is 1.75 bits per heavy atom. The van der Waals surface area contributed by atoms with Gasteiger partial charge in [-0.1, -0.05) is 29.8 Å². The summed E-state index contributed by atoms with van der Waals surface area (Å²) in [5.74, 6) is -0.940. The first-order valence-corrected chi connectivity index (χ1v) is 9.21. The van der Waals surface area contributed by atoms with Crippen molar-refractivity contribution in [2.75, 3.05) is 23.7 Å². The first kappa shape index (κ1) is 17.9. The van der Waals surface area contributed by atoms with Crippen molar-refractivity contribution in [3.8, 4) is 0 Å². The highest BCUT2D eigenvalue weighted by atomic mass is 32.2. The van der Waals surface area contributed by atoms with Crippen LogP contribution in [0.1, 0.15) is 15.9 Å². The van der Waals surface area contributed by atoms with Crippen LogP contribution in [-0.4, -0.2) is 33.7 Å². The molecule has 0 saturated heterocycles. The number of halogens is 1. The predicted octanol–water partition coefficient (Wildman–Crippen LogP) is 2.33. The highest BCUT2D eigenvalue weighted by Gasteiger charge is 2.20. The molecule has 0 saturated carbocycles. The van der Waals surface area contributed by atoms with E-state index in [0.29, 0.717) is 5.56 Å². The molecule has 128 valence electrons. The lowest BCUT2D eigenvalue weighted by atomic mass is 10.1. The average Bonchev–Trinajstić information content (AvgIpc) is 2.52. The minimum atomic E-state index is -3.67. The fraction of sp³-hybridized carbons (Fsp3) is 0.235. The van der Waals surface area contributed by atoms with Crippen LogP contribution in [-0.2, 0) is 10.0 Å². The van der Waals surface area contributed by atoms with Gasteiger partial charge in [-0.05, 0) is 31.2 Å². The molecular formula is C17H19FN2O3S. The highest BCUT2D eigenvalue weighted by Crippen LogP contribution is 2.20. The summed E-state index contributed by atoms with van der Waals surface area (Å²) in [5, 5.41) is 2.64. The summed E-state index contributed by atoms with van der Waals surface area (Å²) in [6.07, 6.45) is 1.00. The fourth-order valence-corrected chi connectivity index (χ4v) is 3.13. The van der Waals surface area contributed by atoms with Gasteiger partial charge in [-0.2, -0.15) is 0 Å². The minimum absolute atomic E-state index is 0.0374. The summed E-state index contributed by atoms with van der Waals surface area (Å²) in [6.45, 7) is 1.92. The van der Waals surface area contributed by atoms with Gasteiger partial charge in [0.1, 0.15) is 5.82 Å². The molecule has 0 heterocycles. The first-order valence-electron chi connectivity index (χ1n) is 7.36. The largest absolute Gasteiger partial charge is 0.350 e. The lowest BCUT2D eigenvalue weighted by Gasteiger charge is -2.23. The van der Waals surface area contributed by atoms with Crippen LogP contribution in [0.15, 0.2) is 48.5 Å². The van der Waals surface area contributed by atoms with Crippen molar-refractivity contribution in [1.82, 2.24) is 5.32 Å². The molecule has 0 spiro atoms. The van der Waals surface area contributed by atoms with E-state index in [9.17, 15) is 17.6 Å². The molecule has 0 fully saturated rings. The molecule has 24 heavy (non-hydrogen) atoms. The number of nitrogens with zero attached hydrogens (tertiary/aromatic N) is 1. The second-order valence-corrected chi connectivity index (χ2v) is 7.32. The molecule has 0 unspecified atom stereocenters. The van der Waals surface area contributed by atoms with E-state index in [4.69, 9.17) is 0 Å². The van der Waals surface area contributed by atoms with Gasteiger partial charge in [0, 0.05) is 12.1 Å². The average molecular weight is 350 g/mol. The number of hydrogen-bond acceptors (Lipinski definition) is 3. The Morgan fingerprint density at radius 1 is 1.12 bits per heavy atom. The summed E-state index contributed by atoms with van der Waals surface area (Å²) >= 11 is 0. The highest BCUT2D eigenvalue weighted by molar-refractivity contribution is 7.92. The topological polar surface area (TPSA) is 66.5 Å². The zero-order valence-electron chi connectivity index (χ0n) is 13.5. The van der Waals surface area contributed by atoms with Crippen LogP contribution in [0.3, 0.4) is 0 Å². The summed E-state index contributed by atoms with van der Waals surface area (Å²) in [6, 6.07) is 12.6. The maximum Gasteiger partial charge on any atom is 0.251 e. The van der Waals surface area contributed by atoms with E-state index >= 15 is 0 Å². The number of carbonyl (C=O) groups excluding carboxylic acids is 1. The number of amides is 1. The molecule has 5 nitrogen and oxygen atoms in total. The molecule has 0 aliphatic carbocycles. The van der Waals surface area contributed by atoms with Crippen molar-refractivity contribution in [2.24, 2.45) is 0 Å². The number of para-hydroxylation sites is 1. The Kier molecular flexibility index (Phi) is 5.56. The van der Waals surface area contributed by atoms with Crippen LogP contribution in [0.5, 0.6) is 0 Å². The number of benzene rings is 2. The second-order valence-electron chi connectivity index (χ2n) is 5.41. The summed E-state index contributed by atoms with van der Waals surface area (Å²) in [5.41, 5.74) is 1.48. The van der Waals surface area contributed by atoms with Crippen molar-refractivity contribution in [3.63, 3.8) is 0 Å². The lowest BCUT2D eigenvalue weighted by molar-refractivity contribution is 0.0955. The van der Waals surface area contributed by atoms with Gasteiger partial charge < -0.3 is 5.32 Å². The SMILES string of the molecule is Cc1ccc(C(=O)NCCN(c2ccccc2F)S(C)(=O)=O)cc1. The van der Waals surface area contributed by atoms with Crippen LogP contribution in [0.2, 0.25) is 0 Å². The van der Waals surface area contributed by atoms with Crippen LogP contribution in [0, 0.1) is 12.7 Å². The molecule has 0 aliphatic heterocycles. The molecule has 0 aromatic heterocycles. The van der Waals surface area contributed by atoms with E-state index in [1.54, 1.807) is 18.2 Å². The van der Waals surface area contributed by atoms with Crippen molar-refractivity contribution >= 4 is 21.6 Å². The number of hydrogen-bond donors (Lipinski definition) is 1. The van der Waals surface area contributed by atoms with E-state index < -0.39 is 15.8 Å². The number of carbonyl (C=O) groups is 1. The number of anilines is 1. The van der Waals surface area contributed by atoms with Gasteiger partial charge >= 0.3 is 0 Å². The Hall–Kier alpha value is -2.41. The molecular weight excluding hydrogens is 331 g/mol. The number of sulfonamides is 1. The third-order valence-electron chi connectivity index (χ3n) is 3.44. The van der Waals surface area contributed by atoms with Crippen molar-refractivity contribution < 1.29 is 17.6 Å². The van der Waals surface area contributed by atoms with Gasteiger partial charge in [0.25, 0.3) is 5.91 Å². The molecule has 0 radical (unpaired) electrons. The maximum absolute atomic E-state index is 13.9. The molecule has 0 atom stereocenters. The van der Waals surface area contributed by atoms with Gasteiger partial charge in [0.15, 0.2) is 0 Å². The van der Waals surface area contributed by atoms with Gasteiger partial charge in [0.2, 0.25) is 10.0 Å². The zero-order chi connectivity index (χ0) is 17.7. The third kappa shape index (κ3) is 4.55. The van der Waals surface area contributed by atoms with Gasteiger partial charge in [-0.3, -0.25) is 9.10 Å². The van der Waals surface area contributed by atoms with Crippen LogP contribution < -0.4 is 9.62 Å². The van der Waals surface area contributed by atoms with Crippen molar-refractivity contribution in [1.29, 1.82) is 0 Å². The van der Waals surface area contributed by atoms with Crippen molar-refractivity contribution in [3.05, 3.63) is 65.5 Å². The summed E-state index contributed by atoms with van der Waals surface area (Å²) < 4.78 is 38.6. The molecule has 0 bridgehead atoms. The summed E-state index contributed by atoms with van der Waals surface area (Å²) in [7, 11) is -3.67. The molecule has 2 rings (SSSR count). The number of aryl methyl sites for hydroxylation is 1. The smallest absolute Gasteiger partial charge is 0.251 e. The van der Waals surface area contributed by atoms with Crippen molar-refractivity contribution in [2.45, 2.75) is 6.92 Å².